The molecule has 1 atom stereocenters. The van der Waals surface area contributed by atoms with E-state index >= 15 is 0 Å². The molecule has 1 N–H and O–H groups in total. The van der Waals surface area contributed by atoms with Crippen LogP contribution in [-0.2, 0) is 14.3 Å². The van der Waals surface area contributed by atoms with Crippen molar-refractivity contribution in [1.82, 2.24) is 5.32 Å². The number of ether oxygens (including phenoxy) is 2. The monoisotopic (exact) mass is 299 g/mol. The Kier molecular flexibility index (Phi) is 8.27. The average Bonchev–Trinajstić information content (AvgIpc) is 2.48. The van der Waals surface area contributed by atoms with Crippen LogP contribution >= 0.6 is 0 Å². The van der Waals surface area contributed by atoms with Gasteiger partial charge in [0, 0.05) is 6.61 Å². The van der Waals surface area contributed by atoms with Gasteiger partial charge in [-0.2, -0.15) is 0 Å². The van der Waals surface area contributed by atoms with Gasteiger partial charge in [-0.25, -0.2) is 0 Å². The van der Waals surface area contributed by atoms with Crippen LogP contribution in [0.25, 0.3) is 0 Å². The molecule has 1 fully saturated rings. The fourth-order valence-electron chi connectivity index (χ4n) is 2.85. The number of hydrogen-bond acceptors (Lipinski definition) is 4. The molecule has 0 aromatic rings. The fourth-order valence-corrected chi connectivity index (χ4v) is 2.85. The van der Waals surface area contributed by atoms with Crippen molar-refractivity contribution in [2.45, 2.75) is 77.4 Å². The topological polar surface area (TPSA) is 47.6 Å². The first-order chi connectivity index (χ1) is 10.0. The minimum absolute atomic E-state index is 0.158. The Morgan fingerprint density at radius 1 is 1.24 bits per heavy atom. The summed E-state index contributed by atoms with van der Waals surface area (Å²) in [6.07, 6.45) is 8.23. The molecule has 0 saturated heterocycles. The maximum absolute atomic E-state index is 11.9. The van der Waals surface area contributed by atoms with E-state index in [1.165, 1.54) is 25.7 Å². The van der Waals surface area contributed by atoms with E-state index in [4.69, 9.17) is 9.47 Å². The standard InChI is InChI=1S/C17H33NO3/c1-5-20-16(19)17(3,18-4)12-6-7-13-21-15-10-8-14(2)9-11-15/h14-15,18H,5-13H2,1-4H3. The lowest BCUT2D eigenvalue weighted by atomic mass is 9.89. The van der Waals surface area contributed by atoms with Crippen LogP contribution in [0.3, 0.4) is 0 Å². The van der Waals surface area contributed by atoms with E-state index in [0.717, 1.165) is 31.8 Å². The largest absolute Gasteiger partial charge is 0.465 e. The van der Waals surface area contributed by atoms with Crippen molar-refractivity contribution < 1.29 is 14.3 Å². The molecule has 124 valence electrons. The first kappa shape index (κ1) is 18.4. The summed E-state index contributed by atoms with van der Waals surface area (Å²) in [6, 6.07) is 0. The molecule has 0 radical (unpaired) electrons. The molecule has 1 unspecified atom stereocenters. The van der Waals surface area contributed by atoms with Gasteiger partial charge in [-0.3, -0.25) is 4.79 Å². The van der Waals surface area contributed by atoms with Gasteiger partial charge in [-0.1, -0.05) is 6.92 Å². The zero-order valence-corrected chi connectivity index (χ0v) is 14.2. The maximum atomic E-state index is 11.9. The summed E-state index contributed by atoms with van der Waals surface area (Å²) < 4.78 is 11.1. The minimum Gasteiger partial charge on any atom is -0.465 e. The second kappa shape index (κ2) is 9.42. The Hall–Kier alpha value is -0.610. The quantitative estimate of drug-likeness (QED) is 0.524. The van der Waals surface area contributed by atoms with Crippen LogP contribution in [-0.4, -0.2) is 37.9 Å². The number of carbonyl (C=O) groups excluding carboxylic acids is 1. The predicted molar refractivity (Wildman–Crippen MR) is 85.3 cm³/mol. The predicted octanol–water partition coefficient (Wildman–Crippen LogP) is 3.29. The highest BCUT2D eigenvalue weighted by molar-refractivity contribution is 5.80. The van der Waals surface area contributed by atoms with Crippen LogP contribution in [0.2, 0.25) is 0 Å². The van der Waals surface area contributed by atoms with Gasteiger partial charge in [0.1, 0.15) is 5.54 Å². The summed E-state index contributed by atoms with van der Waals surface area (Å²) in [5.74, 6) is 0.709. The molecule has 4 nitrogen and oxygen atoms in total. The first-order valence-electron chi connectivity index (χ1n) is 8.49. The van der Waals surface area contributed by atoms with Gasteiger partial charge < -0.3 is 14.8 Å². The molecule has 21 heavy (non-hydrogen) atoms. The highest BCUT2D eigenvalue weighted by Gasteiger charge is 2.32. The van der Waals surface area contributed by atoms with Crippen molar-refractivity contribution in [1.29, 1.82) is 0 Å². The second-order valence-corrected chi connectivity index (χ2v) is 6.51. The van der Waals surface area contributed by atoms with E-state index in [0.29, 0.717) is 12.7 Å². The highest BCUT2D eigenvalue weighted by atomic mass is 16.5. The van der Waals surface area contributed by atoms with E-state index < -0.39 is 5.54 Å². The minimum atomic E-state index is -0.573. The molecule has 0 spiro atoms. The molecule has 0 heterocycles. The molecule has 1 saturated carbocycles. The van der Waals surface area contributed by atoms with Crippen LogP contribution < -0.4 is 5.32 Å². The van der Waals surface area contributed by atoms with Crippen molar-refractivity contribution in [2.24, 2.45) is 5.92 Å². The fraction of sp³-hybridized carbons (Fsp3) is 0.941. The van der Waals surface area contributed by atoms with Gasteiger partial charge in [0.05, 0.1) is 12.7 Å². The van der Waals surface area contributed by atoms with Gasteiger partial charge in [-0.15, -0.1) is 0 Å². The van der Waals surface area contributed by atoms with Crippen LogP contribution in [0, 0.1) is 5.92 Å². The molecular weight excluding hydrogens is 266 g/mol. The summed E-state index contributed by atoms with van der Waals surface area (Å²) in [5.41, 5.74) is -0.573. The Morgan fingerprint density at radius 2 is 1.90 bits per heavy atom. The van der Waals surface area contributed by atoms with E-state index in [2.05, 4.69) is 12.2 Å². The molecule has 0 aromatic carbocycles. The lowest BCUT2D eigenvalue weighted by molar-refractivity contribution is -0.150. The number of rotatable bonds is 9. The molecule has 0 aromatic heterocycles. The van der Waals surface area contributed by atoms with Crippen LogP contribution in [0.4, 0.5) is 0 Å². The molecule has 0 aliphatic heterocycles. The average molecular weight is 299 g/mol. The van der Waals surface area contributed by atoms with Gasteiger partial charge in [0.25, 0.3) is 0 Å². The number of carbonyl (C=O) groups is 1. The Labute approximate surface area is 130 Å². The number of unbranched alkanes of at least 4 members (excludes halogenated alkanes) is 1. The molecule has 0 bridgehead atoms. The van der Waals surface area contributed by atoms with E-state index in [1.54, 1.807) is 0 Å². The number of nitrogens with one attached hydrogen (secondary N) is 1. The van der Waals surface area contributed by atoms with Crippen LogP contribution in [0.15, 0.2) is 0 Å². The molecule has 4 heteroatoms. The smallest absolute Gasteiger partial charge is 0.326 e. The van der Waals surface area contributed by atoms with E-state index in [1.807, 2.05) is 20.9 Å². The molecular formula is C17H33NO3. The first-order valence-corrected chi connectivity index (χ1v) is 8.49. The summed E-state index contributed by atoms with van der Waals surface area (Å²) >= 11 is 0. The van der Waals surface area contributed by atoms with Gasteiger partial charge in [-0.05, 0) is 71.8 Å². The summed E-state index contributed by atoms with van der Waals surface area (Å²) in [7, 11) is 1.82. The Morgan fingerprint density at radius 3 is 2.48 bits per heavy atom. The third kappa shape index (κ3) is 6.35. The molecule has 1 aliphatic carbocycles. The lowest BCUT2D eigenvalue weighted by Gasteiger charge is -2.27. The molecule has 1 rings (SSSR count). The van der Waals surface area contributed by atoms with Crippen molar-refractivity contribution in [3.05, 3.63) is 0 Å². The van der Waals surface area contributed by atoms with E-state index in [9.17, 15) is 4.79 Å². The van der Waals surface area contributed by atoms with Gasteiger partial charge >= 0.3 is 5.97 Å². The van der Waals surface area contributed by atoms with Crippen LogP contribution in [0.1, 0.15) is 65.7 Å². The van der Waals surface area contributed by atoms with Crippen molar-refractivity contribution in [3.8, 4) is 0 Å². The zero-order chi connectivity index (χ0) is 15.7. The summed E-state index contributed by atoms with van der Waals surface area (Å²) in [6.45, 7) is 7.31. The Balaban J connectivity index is 2.16. The maximum Gasteiger partial charge on any atom is 0.326 e. The van der Waals surface area contributed by atoms with Crippen molar-refractivity contribution in [2.75, 3.05) is 20.3 Å². The van der Waals surface area contributed by atoms with Crippen LogP contribution in [0.5, 0.6) is 0 Å². The van der Waals surface area contributed by atoms with Crippen molar-refractivity contribution in [3.63, 3.8) is 0 Å². The number of likely N-dealkylation sites (N-methyl/N-ethyl adjacent to an activating group) is 1. The third-order valence-electron chi connectivity index (χ3n) is 4.67. The lowest BCUT2D eigenvalue weighted by Crippen LogP contribution is -2.48. The van der Waals surface area contributed by atoms with Crippen molar-refractivity contribution >= 4 is 5.97 Å². The molecule has 0 amide bonds. The summed E-state index contributed by atoms with van der Waals surface area (Å²) in [5, 5.41) is 3.09. The zero-order valence-electron chi connectivity index (χ0n) is 14.2. The van der Waals surface area contributed by atoms with Gasteiger partial charge in [0.2, 0.25) is 0 Å². The Bertz CT molecular complexity index is 300. The third-order valence-corrected chi connectivity index (χ3v) is 4.67. The molecule has 1 aliphatic rings. The number of esters is 1. The van der Waals surface area contributed by atoms with E-state index in [-0.39, 0.29) is 5.97 Å². The highest BCUT2D eigenvalue weighted by Crippen LogP contribution is 2.25. The SMILES string of the molecule is CCOC(=O)C(C)(CCCCOC1CCC(C)CC1)NC. The normalized spacial score (nSPS) is 25.3. The summed E-state index contributed by atoms with van der Waals surface area (Å²) in [4.78, 5) is 11.9. The number of hydrogen-bond donors (Lipinski definition) is 1. The van der Waals surface area contributed by atoms with Gasteiger partial charge in [0.15, 0.2) is 0 Å². The second-order valence-electron chi connectivity index (χ2n) is 6.51.